The second-order valence-corrected chi connectivity index (χ2v) is 8.00. The third-order valence-corrected chi connectivity index (χ3v) is 5.71. The molecule has 7 nitrogen and oxygen atoms in total. The van der Waals surface area contributed by atoms with Crippen molar-refractivity contribution >= 4 is 11.8 Å². The molecule has 1 aromatic carbocycles. The molecule has 1 fully saturated rings. The second kappa shape index (κ2) is 13.6. The number of likely N-dealkylation sites (tertiary alicyclic amines) is 1. The zero-order valence-corrected chi connectivity index (χ0v) is 19.5. The van der Waals surface area contributed by atoms with Gasteiger partial charge >= 0.3 is 0 Å². The molecule has 3 N–H and O–H groups in total. The van der Waals surface area contributed by atoms with E-state index >= 15 is 0 Å². The fraction of sp³-hybridized carbons (Fsp3) is 0.520. The number of nitrogens with one attached hydrogen (secondary N) is 3. The summed E-state index contributed by atoms with van der Waals surface area (Å²) in [6, 6.07) is 14.5. The van der Waals surface area contributed by atoms with Crippen LogP contribution in [0.3, 0.4) is 0 Å². The second-order valence-electron chi connectivity index (χ2n) is 8.00. The van der Waals surface area contributed by atoms with Crippen molar-refractivity contribution in [3.63, 3.8) is 0 Å². The van der Waals surface area contributed by atoms with Gasteiger partial charge in [-0.3, -0.25) is 9.89 Å². The van der Waals surface area contributed by atoms with Crippen LogP contribution in [0, 0.1) is 0 Å². The summed E-state index contributed by atoms with van der Waals surface area (Å²) in [4.78, 5) is 11.8. The maximum absolute atomic E-state index is 5.66. The van der Waals surface area contributed by atoms with Crippen molar-refractivity contribution in [1.29, 1.82) is 0 Å². The molecular formula is C25H38N6O. The average Bonchev–Trinajstić information content (AvgIpc) is 3.37. The monoisotopic (exact) mass is 438 g/mol. The van der Waals surface area contributed by atoms with Crippen LogP contribution in [0.1, 0.15) is 44.2 Å². The Morgan fingerprint density at radius 1 is 1.06 bits per heavy atom. The largest absolute Gasteiger partial charge is 0.496 e. The number of aromatic nitrogens is 1. The minimum Gasteiger partial charge on any atom is -0.496 e. The van der Waals surface area contributed by atoms with Crippen LogP contribution in [0.2, 0.25) is 0 Å². The van der Waals surface area contributed by atoms with Gasteiger partial charge in [-0.15, -0.1) is 0 Å². The number of nitrogens with zero attached hydrogens (tertiary/aromatic N) is 3. The molecule has 1 aliphatic rings. The molecule has 1 aliphatic heterocycles. The van der Waals surface area contributed by atoms with Crippen LogP contribution in [0.4, 0.5) is 5.82 Å². The number of anilines is 1. The highest BCUT2D eigenvalue weighted by Crippen LogP contribution is 2.31. The molecule has 0 amide bonds. The lowest BCUT2D eigenvalue weighted by Gasteiger charge is -2.28. The van der Waals surface area contributed by atoms with E-state index in [2.05, 4.69) is 44.9 Å². The van der Waals surface area contributed by atoms with E-state index in [4.69, 9.17) is 9.73 Å². The first-order valence-electron chi connectivity index (χ1n) is 11.9. The number of benzene rings is 1. The van der Waals surface area contributed by atoms with Gasteiger partial charge in [-0.2, -0.15) is 0 Å². The first kappa shape index (κ1) is 23.9. The van der Waals surface area contributed by atoms with Gasteiger partial charge in [0, 0.05) is 31.4 Å². The Hall–Kier alpha value is -2.80. The number of pyridine rings is 1. The normalized spacial score (nSPS) is 15.4. The van der Waals surface area contributed by atoms with Gasteiger partial charge in [-0.1, -0.05) is 24.3 Å². The number of ether oxygens (including phenoxy) is 1. The van der Waals surface area contributed by atoms with E-state index in [0.717, 1.165) is 63.1 Å². The average molecular weight is 439 g/mol. The predicted molar refractivity (Wildman–Crippen MR) is 132 cm³/mol. The van der Waals surface area contributed by atoms with Gasteiger partial charge in [0.25, 0.3) is 0 Å². The number of guanidine groups is 1. The Balaban J connectivity index is 1.53. The van der Waals surface area contributed by atoms with Crippen LogP contribution < -0.4 is 20.7 Å². The molecule has 32 heavy (non-hydrogen) atoms. The van der Waals surface area contributed by atoms with Crippen molar-refractivity contribution in [2.45, 2.75) is 38.6 Å². The molecule has 1 aromatic heterocycles. The van der Waals surface area contributed by atoms with E-state index < -0.39 is 0 Å². The molecule has 0 aliphatic carbocycles. The van der Waals surface area contributed by atoms with Crippen molar-refractivity contribution in [3.8, 4) is 5.75 Å². The Bertz CT molecular complexity index is 807. The molecule has 1 saturated heterocycles. The lowest BCUT2D eigenvalue weighted by molar-refractivity contribution is 0.245. The smallest absolute Gasteiger partial charge is 0.191 e. The van der Waals surface area contributed by atoms with Gasteiger partial charge in [0.05, 0.1) is 19.7 Å². The Kier molecular flexibility index (Phi) is 10.1. The molecule has 7 heteroatoms. The Morgan fingerprint density at radius 2 is 1.84 bits per heavy atom. The zero-order valence-electron chi connectivity index (χ0n) is 19.5. The summed E-state index contributed by atoms with van der Waals surface area (Å²) in [6.45, 7) is 7.69. The van der Waals surface area contributed by atoms with Gasteiger partial charge in [-0.25, -0.2) is 4.98 Å². The molecule has 2 aromatic rings. The molecular weight excluding hydrogens is 400 g/mol. The van der Waals surface area contributed by atoms with Crippen LogP contribution in [0.15, 0.2) is 53.7 Å². The summed E-state index contributed by atoms with van der Waals surface area (Å²) in [5, 5.41) is 10.2. The van der Waals surface area contributed by atoms with Crippen LogP contribution in [0.25, 0.3) is 0 Å². The first-order valence-corrected chi connectivity index (χ1v) is 11.9. The van der Waals surface area contributed by atoms with Gasteiger partial charge < -0.3 is 20.7 Å². The van der Waals surface area contributed by atoms with Crippen molar-refractivity contribution in [1.82, 2.24) is 20.5 Å². The minimum atomic E-state index is 0.228. The van der Waals surface area contributed by atoms with Crippen LogP contribution in [-0.2, 0) is 0 Å². The maximum Gasteiger partial charge on any atom is 0.191 e. The van der Waals surface area contributed by atoms with E-state index in [1.807, 2.05) is 36.5 Å². The molecule has 174 valence electrons. The van der Waals surface area contributed by atoms with Gasteiger partial charge in [0.15, 0.2) is 5.96 Å². The number of rotatable bonds is 12. The summed E-state index contributed by atoms with van der Waals surface area (Å²) in [5.41, 5.74) is 1.22. The van der Waals surface area contributed by atoms with Gasteiger partial charge in [0.2, 0.25) is 0 Å². The van der Waals surface area contributed by atoms with Crippen molar-refractivity contribution < 1.29 is 4.74 Å². The summed E-state index contributed by atoms with van der Waals surface area (Å²) < 4.78 is 5.66. The Labute approximate surface area is 192 Å². The highest BCUT2D eigenvalue weighted by molar-refractivity contribution is 5.79. The maximum atomic E-state index is 5.66. The minimum absolute atomic E-state index is 0.228. The standard InChI is InChI=1S/C25H38N6O/c1-3-26-25(29-17-9-8-16-28-24-14-6-7-15-27-24)30-20-22(31-18-10-11-19-31)21-12-4-5-13-23(21)32-2/h4-7,12-15,22H,3,8-11,16-20H2,1-2H3,(H,27,28)(H2,26,29,30). The molecule has 0 radical (unpaired) electrons. The number of hydrogen-bond acceptors (Lipinski definition) is 5. The van der Waals surface area contributed by atoms with Crippen LogP contribution in [0.5, 0.6) is 5.75 Å². The molecule has 0 saturated carbocycles. The topological polar surface area (TPSA) is 73.8 Å². The molecule has 1 atom stereocenters. The van der Waals surface area contributed by atoms with E-state index in [1.54, 1.807) is 7.11 Å². The lowest BCUT2D eigenvalue weighted by atomic mass is 10.0. The van der Waals surface area contributed by atoms with Crippen LogP contribution >= 0.6 is 0 Å². The Morgan fingerprint density at radius 3 is 2.59 bits per heavy atom. The van der Waals surface area contributed by atoms with E-state index in [0.29, 0.717) is 6.54 Å². The molecule has 3 rings (SSSR count). The third kappa shape index (κ3) is 7.41. The highest BCUT2D eigenvalue weighted by Gasteiger charge is 2.25. The quantitative estimate of drug-likeness (QED) is 0.267. The number of para-hydroxylation sites is 1. The first-order chi connectivity index (χ1) is 15.8. The molecule has 0 spiro atoms. The van der Waals surface area contributed by atoms with Gasteiger partial charge in [-0.05, 0) is 63.9 Å². The summed E-state index contributed by atoms with van der Waals surface area (Å²) in [6.07, 6.45) is 6.44. The highest BCUT2D eigenvalue weighted by atomic mass is 16.5. The summed E-state index contributed by atoms with van der Waals surface area (Å²) >= 11 is 0. The van der Waals surface area contributed by atoms with E-state index in [-0.39, 0.29) is 6.04 Å². The zero-order chi connectivity index (χ0) is 22.4. The van der Waals surface area contributed by atoms with Crippen molar-refractivity contribution in [2.24, 2.45) is 4.99 Å². The summed E-state index contributed by atoms with van der Waals surface area (Å²) in [7, 11) is 1.75. The predicted octanol–water partition coefficient (Wildman–Crippen LogP) is 3.67. The molecule has 0 bridgehead atoms. The number of aliphatic imine (C=N–C) groups is 1. The van der Waals surface area contributed by atoms with Crippen molar-refractivity contribution in [2.75, 3.05) is 51.7 Å². The van der Waals surface area contributed by atoms with Crippen LogP contribution in [-0.4, -0.2) is 62.2 Å². The fourth-order valence-electron chi connectivity index (χ4n) is 4.07. The van der Waals surface area contributed by atoms with E-state index in [1.165, 1.54) is 18.4 Å². The number of methoxy groups -OCH3 is 1. The number of unbranched alkanes of at least 4 members (excludes halogenated alkanes) is 1. The molecule has 2 heterocycles. The number of hydrogen-bond donors (Lipinski definition) is 3. The third-order valence-electron chi connectivity index (χ3n) is 5.71. The molecule has 1 unspecified atom stereocenters. The lowest BCUT2D eigenvalue weighted by Crippen LogP contribution is -2.39. The summed E-state index contributed by atoms with van der Waals surface area (Å²) in [5.74, 6) is 2.75. The van der Waals surface area contributed by atoms with Crippen molar-refractivity contribution in [3.05, 3.63) is 54.2 Å². The fourth-order valence-corrected chi connectivity index (χ4v) is 4.07. The SMILES string of the molecule is CCNC(=NCC(c1ccccc1OC)N1CCCC1)NCCCCNc1ccccn1. The van der Waals surface area contributed by atoms with Gasteiger partial charge in [0.1, 0.15) is 11.6 Å². The van der Waals surface area contributed by atoms with E-state index in [9.17, 15) is 0 Å².